The van der Waals surface area contributed by atoms with Crippen LogP contribution >= 0.6 is 0 Å². The molecule has 0 bridgehead atoms. The standard InChI is InChI=1S/C17H34N2/c1-3-5-6-7-8-9-10-11-12-14-17-18-15-16(19-17)13-4-2/h16H,3-15H2,1-2H3,(H,18,19). The Kier molecular flexibility index (Phi) is 9.84. The molecular weight excluding hydrogens is 232 g/mol. The predicted octanol–water partition coefficient (Wildman–Crippen LogP) is 5.08. The summed E-state index contributed by atoms with van der Waals surface area (Å²) >= 11 is 0. The maximum atomic E-state index is 4.61. The third kappa shape index (κ3) is 8.28. The Labute approximate surface area is 120 Å². The largest absolute Gasteiger partial charge is 0.369 e. The number of amidine groups is 1. The summed E-state index contributed by atoms with van der Waals surface area (Å²) in [4.78, 5) is 4.61. The van der Waals surface area contributed by atoms with Crippen molar-refractivity contribution in [2.24, 2.45) is 4.99 Å². The Hall–Kier alpha value is -0.530. The van der Waals surface area contributed by atoms with Gasteiger partial charge in [-0.1, -0.05) is 71.6 Å². The van der Waals surface area contributed by atoms with E-state index in [0.717, 1.165) is 6.54 Å². The summed E-state index contributed by atoms with van der Waals surface area (Å²) in [7, 11) is 0. The van der Waals surface area contributed by atoms with Gasteiger partial charge in [0, 0.05) is 12.5 Å². The highest BCUT2D eigenvalue weighted by molar-refractivity contribution is 5.83. The van der Waals surface area contributed by atoms with Gasteiger partial charge >= 0.3 is 0 Å². The summed E-state index contributed by atoms with van der Waals surface area (Å²) in [5, 5.41) is 3.57. The molecule has 1 aliphatic heterocycles. The molecule has 1 rings (SSSR count). The third-order valence-electron chi connectivity index (χ3n) is 4.03. The number of hydrogen-bond acceptors (Lipinski definition) is 2. The van der Waals surface area contributed by atoms with Gasteiger partial charge in [0.25, 0.3) is 0 Å². The topological polar surface area (TPSA) is 24.4 Å². The fraction of sp³-hybridized carbons (Fsp3) is 0.941. The van der Waals surface area contributed by atoms with E-state index >= 15 is 0 Å². The number of nitrogens with one attached hydrogen (secondary N) is 1. The van der Waals surface area contributed by atoms with Gasteiger partial charge in [0.05, 0.1) is 12.4 Å². The van der Waals surface area contributed by atoms with E-state index in [9.17, 15) is 0 Å². The van der Waals surface area contributed by atoms with Gasteiger partial charge in [0.15, 0.2) is 0 Å². The molecule has 2 nitrogen and oxygen atoms in total. The molecule has 0 saturated carbocycles. The molecule has 1 N–H and O–H groups in total. The highest BCUT2D eigenvalue weighted by Crippen LogP contribution is 2.12. The van der Waals surface area contributed by atoms with Crippen molar-refractivity contribution in [2.45, 2.75) is 96.9 Å². The number of hydrogen-bond donors (Lipinski definition) is 1. The summed E-state index contributed by atoms with van der Waals surface area (Å²) in [6.07, 6.45) is 16.4. The lowest BCUT2D eigenvalue weighted by atomic mass is 10.1. The monoisotopic (exact) mass is 266 g/mol. The zero-order valence-electron chi connectivity index (χ0n) is 13.2. The first-order valence-corrected chi connectivity index (χ1v) is 8.66. The average Bonchev–Trinajstić information content (AvgIpc) is 2.85. The summed E-state index contributed by atoms with van der Waals surface area (Å²) in [6, 6.07) is 0.638. The van der Waals surface area contributed by atoms with Gasteiger partial charge in [0.2, 0.25) is 0 Å². The van der Waals surface area contributed by atoms with E-state index < -0.39 is 0 Å². The van der Waals surface area contributed by atoms with Gasteiger partial charge in [-0.25, -0.2) is 0 Å². The van der Waals surface area contributed by atoms with Gasteiger partial charge in [-0.2, -0.15) is 0 Å². The minimum absolute atomic E-state index is 0.638. The normalized spacial score (nSPS) is 18.4. The molecule has 1 atom stereocenters. The smallest absolute Gasteiger partial charge is 0.0966 e. The average molecular weight is 266 g/mol. The molecule has 0 radical (unpaired) electrons. The van der Waals surface area contributed by atoms with Crippen LogP contribution in [0.25, 0.3) is 0 Å². The highest BCUT2D eigenvalue weighted by atomic mass is 15.1. The molecule has 0 amide bonds. The zero-order valence-corrected chi connectivity index (χ0v) is 13.2. The Bertz CT molecular complexity index is 235. The molecule has 2 heteroatoms. The Morgan fingerprint density at radius 2 is 1.53 bits per heavy atom. The van der Waals surface area contributed by atoms with Gasteiger partial charge in [-0.15, -0.1) is 0 Å². The van der Waals surface area contributed by atoms with Crippen LogP contribution in [0.5, 0.6) is 0 Å². The SMILES string of the molecule is CCCCCCCCCCCC1=NCC(CCC)N1. The minimum Gasteiger partial charge on any atom is -0.369 e. The fourth-order valence-electron chi connectivity index (χ4n) is 2.81. The first-order chi connectivity index (χ1) is 9.36. The lowest BCUT2D eigenvalue weighted by Gasteiger charge is -2.10. The molecule has 0 aromatic carbocycles. The van der Waals surface area contributed by atoms with Crippen molar-refractivity contribution in [1.29, 1.82) is 0 Å². The van der Waals surface area contributed by atoms with Crippen molar-refractivity contribution in [3.63, 3.8) is 0 Å². The highest BCUT2D eigenvalue weighted by Gasteiger charge is 2.15. The van der Waals surface area contributed by atoms with E-state index in [1.54, 1.807) is 0 Å². The Morgan fingerprint density at radius 1 is 0.895 bits per heavy atom. The second-order valence-corrected chi connectivity index (χ2v) is 6.00. The minimum atomic E-state index is 0.638. The second kappa shape index (κ2) is 11.3. The first kappa shape index (κ1) is 16.5. The van der Waals surface area contributed by atoms with Crippen LogP contribution in [0.15, 0.2) is 4.99 Å². The molecule has 1 unspecified atom stereocenters. The van der Waals surface area contributed by atoms with E-state index in [1.807, 2.05) is 0 Å². The van der Waals surface area contributed by atoms with Crippen LogP contribution in [0.4, 0.5) is 0 Å². The summed E-state index contributed by atoms with van der Waals surface area (Å²) in [5.41, 5.74) is 0. The van der Waals surface area contributed by atoms with E-state index in [-0.39, 0.29) is 0 Å². The maximum absolute atomic E-state index is 4.61. The Balaban J connectivity index is 1.84. The summed E-state index contributed by atoms with van der Waals surface area (Å²) < 4.78 is 0. The molecule has 0 fully saturated rings. The number of nitrogens with zero attached hydrogens (tertiary/aromatic N) is 1. The molecule has 19 heavy (non-hydrogen) atoms. The maximum Gasteiger partial charge on any atom is 0.0966 e. The van der Waals surface area contributed by atoms with Crippen LogP contribution in [0.1, 0.15) is 90.9 Å². The van der Waals surface area contributed by atoms with Crippen molar-refractivity contribution in [3.05, 3.63) is 0 Å². The third-order valence-corrected chi connectivity index (χ3v) is 4.03. The van der Waals surface area contributed by atoms with Gasteiger partial charge < -0.3 is 5.32 Å². The number of rotatable bonds is 12. The van der Waals surface area contributed by atoms with Crippen molar-refractivity contribution in [2.75, 3.05) is 6.54 Å². The van der Waals surface area contributed by atoms with Crippen LogP contribution in [0.2, 0.25) is 0 Å². The molecular formula is C17H34N2. The van der Waals surface area contributed by atoms with Crippen LogP contribution in [0, 0.1) is 0 Å². The van der Waals surface area contributed by atoms with Crippen LogP contribution in [-0.4, -0.2) is 18.4 Å². The van der Waals surface area contributed by atoms with Crippen LogP contribution in [-0.2, 0) is 0 Å². The quantitative estimate of drug-likeness (QED) is 0.490. The van der Waals surface area contributed by atoms with Crippen molar-refractivity contribution in [1.82, 2.24) is 5.32 Å². The van der Waals surface area contributed by atoms with Crippen molar-refractivity contribution < 1.29 is 0 Å². The molecule has 112 valence electrons. The molecule has 1 aliphatic rings. The summed E-state index contributed by atoms with van der Waals surface area (Å²) in [5.74, 6) is 1.28. The van der Waals surface area contributed by atoms with E-state index in [4.69, 9.17) is 0 Å². The molecule has 0 spiro atoms. The lowest BCUT2D eigenvalue weighted by molar-refractivity contribution is 0.565. The first-order valence-electron chi connectivity index (χ1n) is 8.66. The van der Waals surface area contributed by atoms with E-state index in [0.29, 0.717) is 6.04 Å². The number of aliphatic imine (C=N–C) groups is 1. The predicted molar refractivity (Wildman–Crippen MR) is 86.0 cm³/mol. The van der Waals surface area contributed by atoms with Crippen molar-refractivity contribution >= 4 is 5.84 Å². The zero-order chi connectivity index (χ0) is 13.8. The van der Waals surface area contributed by atoms with Gasteiger partial charge in [-0.05, 0) is 12.8 Å². The molecule has 0 aromatic heterocycles. The molecule has 0 aliphatic carbocycles. The molecule has 0 saturated heterocycles. The molecule has 1 heterocycles. The van der Waals surface area contributed by atoms with Crippen LogP contribution < -0.4 is 5.32 Å². The number of unbranched alkanes of at least 4 members (excludes halogenated alkanes) is 8. The van der Waals surface area contributed by atoms with E-state index in [2.05, 4.69) is 24.2 Å². The second-order valence-electron chi connectivity index (χ2n) is 6.00. The van der Waals surface area contributed by atoms with Crippen molar-refractivity contribution in [3.8, 4) is 0 Å². The molecule has 0 aromatic rings. The lowest BCUT2D eigenvalue weighted by Crippen LogP contribution is -2.29. The van der Waals surface area contributed by atoms with E-state index in [1.165, 1.54) is 82.9 Å². The fourth-order valence-corrected chi connectivity index (χ4v) is 2.81. The van der Waals surface area contributed by atoms with Gasteiger partial charge in [-0.3, -0.25) is 4.99 Å². The Morgan fingerprint density at radius 3 is 2.16 bits per heavy atom. The van der Waals surface area contributed by atoms with Gasteiger partial charge in [0.1, 0.15) is 0 Å². The summed E-state index contributed by atoms with van der Waals surface area (Å²) in [6.45, 7) is 5.55. The van der Waals surface area contributed by atoms with Crippen LogP contribution in [0.3, 0.4) is 0 Å².